The molecule has 9 heteroatoms. The van der Waals surface area contributed by atoms with Gasteiger partial charge in [0.25, 0.3) is 0 Å². The summed E-state index contributed by atoms with van der Waals surface area (Å²) in [4.78, 5) is 4.11. The minimum Gasteiger partial charge on any atom is -0.404 e. The van der Waals surface area contributed by atoms with Crippen LogP contribution in [0.2, 0.25) is 0 Å². The van der Waals surface area contributed by atoms with Gasteiger partial charge in [-0.1, -0.05) is 29.3 Å². The van der Waals surface area contributed by atoms with Crippen LogP contribution >= 0.6 is 15.9 Å². The number of guanidine groups is 1. The van der Waals surface area contributed by atoms with Crippen LogP contribution in [0.5, 0.6) is 5.75 Å². The number of benzene rings is 1. The summed E-state index contributed by atoms with van der Waals surface area (Å²) in [5, 5.41) is 2.67. The van der Waals surface area contributed by atoms with Gasteiger partial charge in [0, 0.05) is 11.0 Å². The summed E-state index contributed by atoms with van der Waals surface area (Å²) in [6, 6.07) is 4.21. The van der Waals surface area contributed by atoms with E-state index in [9.17, 15) is 13.2 Å². The standard InChI is InChI=1S/C12H16BrF3N4O/c1-2-3-6-18-11(20-17)19-9-5-4-8(13)7-10(9)21-12(14,15)16/h4-5,7H,2-3,6,17H2,1H3,(H2,18,19,20). The smallest absolute Gasteiger partial charge is 0.404 e. The van der Waals surface area contributed by atoms with E-state index < -0.39 is 6.36 Å². The molecule has 0 radical (unpaired) electrons. The minimum atomic E-state index is -4.78. The average molecular weight is 369 g/mol. The number of aliphatic imine (C=N–C) groups is 1. The summed E-state index contributed by atoms with van der Waals surface area (Å²) in [6.45, 7) is 2.51. The molecule has 1 aromatic rings. The summed E-state index contributed by atoms with van der Waals surface area (Å²) in [5.41, 5.74) is 2.41. The summed E-state index contributed by atoms with van der Waals surface area (Å²) < 4.78 is 41.6. The van der Waals surface area contributed by atoms with Crippen molar-refractivity contribution in [3.8, 4) is 5.75 Å². The third-order valence-electron chi connectivity index (χ3n) is 2.34. The van der Waals surface area contributed by atoms with Crippen molar-refractivity contribution in [3.05, 3.63) is 22.7 Å². The average Bonchev–Trinajstić information content (AvgIpc) is 2.38. The molecular weight excluding hydrogens is 353 g/mol. The first-order valence-corrected chi connectivity index (χ1v) is 6.98. The van der Waals surface area contributed by atoms with E-state index in [1.54, 1.807) is 6.07 Å². The van der Waals surface area contributed by atoms with Gasteiger partial charge in [-0.05, 0) is 24.6 Å². The summed E-state index contributed by atoms with van der Waals surface area (Å²) in [7, 11) is 0. The maximum atomic E-state index is 12.4. The zero-order valence-corrected chi connectivity index (χ0v) is 12.9. The number of halogens is 4. The third-order valence-corrected chi connectivity index (χ3v) is 2.83. The largest absolute Gasteiger partial charge is 0.573 e. The van der Waals surface area contributed by atoms with Gasteiger partial charge in [-0.3, -0.25) is 10.4 Å². The van der Waals surface area contributed by atoms with Crippen molar-refractivity contribution in [1.29, 1.82) is 0 Å². The molecule has 1 aromatic carbocycles. The fourth-order valence-electron chi connectivity index (χ4n) is 1.41. The molecule has 0 amide bonds. The summed E-state index contributed by atoms with van der Waals surface area (Å²) in [5.74, 6) is 5.08. The van der Waals surface area contributed by atoms with Gasteiger partial charge in [0.05, 0.1) is 5.69 Å². The molecule has 0 unspecified atom stereocenters. The Morgan fingerprint density at radius 3 is 2.71 bits per heavy atom. The van der Waals surface area contributed by atoms with E-state index in [0.29, 0.717) is 11.0 Å². The Labute approximate surface area is 128 Å². The SMILES string of the molecule is CCCCN=C(NN)Nc1ccc(Br)cc1OC(F)(F)F. The first kappa shape index (κ1) is 17.6. The first-order chi connectivity index (χ1) is 9.85. The molecule has 4 N–H and O–H groups in total. The van der Waals surface area contributed by atoms with Crippen LogP contribution in [-0.4, -0.2) is 18.9 Å². The van der Waals surface area contributed by atoms with Crippen molar-refractivity contribution in [2.24, 2.45) is 10.8 Å². The Morgan fingerprint density at radius 1 is 1.43 bits per heavy atom. The number of unbranched alkanes of at least 4 members (excludes halogenated alkanes) is 1. The molecule has 0 bridgehead atoms. The lowest BCUT2D eigenvalue weighted by Gasteiger charge is -2.15. The zero-order chi connectivity index (χ0) is 15.9. The Kier molecular flexibility index (Phi) is 6.76. The second kappa shape index (κ2) is 8.08. The number of hydrogen-bond acceptors (Lipinski definition) is 3. The van der Waals surface area contributed by atoms with Crippen LogP contribution < -0.4 is 21.3 Å². The van der Waals surface area contributed by atoms with Crippen LogP contribution in [0.4, 0.5) is 18.9 Å². The van der Waals surface area contributed by atoms with E-state index in [2.05, 4.69) is 36.4 Å². The number of anilines is 1. The fourth-order valence-corrected chi connectivity index (χ4v) is 1.75. The van der Waals surface area contributed by atoms with Crippen molar-refractivity contribution < 1.29 is 17.9 Å². The molecule has 118 valence electrons. The Balaban J connectivity index is 2.93. The van der Waals surface area contributed by atoms with Crippen LogP contribution in [0.3, 0.4) is 0 Å². The van der Waals surface area contributed by atoms with Crippen molar-refractivity contribution in [3.63, 3.8) is 0 Å². The van der Waals surface area contributed by atoms with Crippen molar-refractivity contribution in [2.45, 2.75) is 26.1 Å². The molecule has 0 aliphatic carbocycles. The molecule has 0 spiro atoms. The molecule has 0 saturated heterocycles. The van der Waals surface area contributed by atoms with Crippen LogP contribution in [0, 0.1) is 0 Å². The van der Waals surface area contributed by atoms with Gasteiger partial charge in [-0.25, -0.2) is 5.84 Å². The normalized spacial score (nSPS) is 12.2. The Bertz CT molecular complexity index is 494. The number of nitrogens with two attached hydrogens (primary N) is 1. The Hall–Kier alpha value is -1.48. The highest BCUT2D eigenvalue weighted by Gasteiger charge is 2.32. The van der Waals surface area contributed by atoms with Crippen LogP contribution in [0.25, 0.3) is 0 Å². The molecule has 1 rings (SSSR count). The predicted octanol–water partition coefficient (Wildman–Crippen LogP) is 3.38. The number of rotatable bonds is 5. The number of alkyl halides is 3. The van der Waals surface area contributed by atoms with E-state index in [1.165, 1.54) is 12.1 Å². The van der Waals surface area contributed by atoms with Crippen LogP contribution in [0.15, 0.2) is 27.7 Å². The van der Waals surface area contributed by atoms with E-state index in [4.69, 9.17) is 5.84 Å². The topological polar surface area (TPSA) is 71.7 Å². The fraction of sp³-hybridized carbons (Fsp3) is 0.417. The monoisotopic (exact) mass is 368 g/mol. The molecule has 0 aromatic heterocycles. The lowest BCUT2D eigenvalue weighted by molar-refractivity contribution is -0.274. The van der Waals surface area contributed by atoms with E-state index in [1.807, 2.05) is 6.92 Å². The quantitative estimate of drug-likeness (QED) is 0.245. The lowest BCUT2D eigenvalue weighted by atomic mass is 10.3. The number of hydrazine groups is 1. The van der Waals surface area contributed by atoms with Crippen LogP contribution in [0.1, 0.15) is 19.8 Å². The van der Waals surface area contributed by atoms with Crippen molar-refractivity contribution >= 4 is 27.6 Å². The molecule has 0 saturated carbocycles. The van der Waals surface area contributed by atoms with Crippen LogP contribution in [-0.2, 0) is 0 Å². The van der Waals surface area contributed by atoms with Gasteiger partial charge in [-0.15, -0.1) is 13.2 Å². The number of ether oxygens (including phenoxy) is 1. The van der Waals surface area contributed by atoms with E-state index in [0.717, 1.165) is 12.8 Å². The van der Waals surface area contributed by atoms with E-state index >= 15 is 0 Å². The highest BCUT2D eigenvalue weighted by Crippen LogP contribution is 2.32. The van der Waals surface area contributed by atoms with Crippen molar-refractivity contribution in [1.82, 2.24) is 5.43 Å². The highest BCUT2D eigenvalue weighted by atomic mass is 79.9. The molecule has 21 heavy (non-hydrogen) atoms. The molecule has 0 heterocycles. The summed E-state index contributed by atoms with van der Waals surface area (Å²) >= 11 is 3.09. The number of hydrogen-bond donors (Lipinski definition) is 3. The molecular formula is C12H16BrF3N4O. The van der Waals surface area contributed by atoms with Gasteiger partial charge in [0.1, 0.15) is 0 Å². The van der Waals surface area contributed by atoms with Gasteiger partial charge < -0.3 is 10.1 Å². The maximum absolute atomic E-state index is 12.4. The van der Waals surface area contributed by atoms with Crippen molar-refractivity contribution in [2.75, 3.05) is 11.9 Å². The lowest BCUT2D eigenvalue weighted by Crippen LogP contribution is -2.36. The van der Waals surface area contributed by atoms with Gasteiger partial charge in [-0.2, -0.15) is 0 Å². The molecule has 0 atom stereocenters. The highest BCUT2D eigenvalue weighted by molar-refractivity contribution is 9.10. The molecule has 0 fully saturated rings. The molecule has 0 aliphatic rings. The third kappa shape index (κ3) is 6.67. The second-order valence-corrected chi connectivity index (χ2v) is 4.96. The van der Waals surface area contributed by atoms with Gasteiger partial charge >= 0.3 is 6.36 Å². The van der Waals surface area contributed by atoms with Gasteiger partial charge in [0.2, 0.25) is 5.96 Å². The second-order valence-electron chi connectivity index (χ2n) is 4.04. The minimum absolute atomic E-state index is 0.101. The van der Waals surface area contributed by atoms with Gasteiger partial charge in [0.15, 0.2) is 5.75 Å². The first-order valence-electron chi connectivity index (χ1n) is 6.19. The number of nitrogens with zero attached hydrogens (tertiary/aromatic N) is 1. The molecule has 0 aliphatic heterocycles. The maximum Gasteiger partial charge on any atom is 0.573 e. The molecule has 5 nitrogen and oxygen atoms in total. The number of nitrogens with one attached hydrogen (secondary N) is 2. The Morgan fingerprint density at radius 2 is 2.14 bits per heavy atom. The van der Waals surface area contributed by atoms with E-state index in [-0.39, 0.29) is 17.4 Å². The zero-order valence-electron chi connectivity index (χ0n) is 11.3. The summed E-state index contributed by atoms with van der Waals surface area (Å²) in [6.07, 6.45) is -2.99. The predicted molar refractivity (Wildman–Crippen MR) is 79.0 cm³/mol.